The van der Waals surface area contributed by atoms with Crippen LogP contribution < -0.4 is 14.8 Å². The normalized spacial score (nSPS) is 14.5. The van der Waals surface area contributed by atoms with Gasteiger partial charge < -0.3 is 14.8 Å². The highest BCUT2D eigenvalue weighted by atomic mass is 79.9. The summed E-state index contributed by atoms with van der Waals surface area (Å²) < 4.78 is 11.4. The molecule has 1 aromatic heterocycles. The number of carbonyl (C=O) groups is 2. The van der Waals surface area contributed by atoms with Crippen molar-refractivity contribution >= 4 is 55.6 Å². The van der Waals surface area contributed by atoms with Crippen molar-refractivity contribution in [2.24, 2.45) is 0 Å². The summed E-state index contributed by atoms with van der Waals surface area (Å²) >= 11 is 6.38. The molecule has 0 atom stereocenters. The first-order chi connectivity index (χ1) is 12.0. The van der Waals surface area contributed by atoms with Crippen LogP contribution in [-0.2, 0) is 9.59 Å². The number of nitrogens with zero attached hydrogens (tertiary/aromatic N) is 1. The fourth-order valence-corrected chi connectivity index (χ4v) is 2.73. The molecule has 0 unspecified atom stereocenters. The van der Waals surface area contributed by atoms with E-state index in [1.165, 1.54) is 0 Å². The second kappa shape index (κ2) is 7.37. The Bertz CT molecular complexity index is 896. The Kier molecular flexibility index (Phi) is 5.19. The van der Waals surface area contributed by atoms with Crippen molar-refractivity contribution < 1.29 is 19.1 Å². The van der Waals surface area contributed by atoms with E-state index in [1.54, 1.807) is 36.4 Å². The summed E-state index contributed by atoms with van der Waals surface area (Å²) in [5.74, 6) is 0.650. The Balaban J connectivity index is 1.85. The molecule has 6 nitrogen and oxygen atoms in total. The number of fused-ring (bicyclic) bond motifs is 1. The molecule has 0 aliphatic carbocycles. The van der Waals surface area contributed by atoms with E-state index in [4.69, 9.17) is 9.47 Å². The van der Waals surface area contributed by atoms with Crippen molar-refractivity contribution in [1.82, 2.24) is 4.98 Å². The third-order valence-corrected chi connectivity index (χ3v) is 4.34. The highest BCUT2D eigenvalue weighted by molar-refractivity contribution is 9.10. The lowest BCUT2D eigenvalue weighted by Gasteiger charge is -2.19. The SMILES string of the molecule is Cc1ccc2c(n1)NC(=O)/C(=C/c1ccc(OC(=O)CBr)c(Br)c1)O2. The average Bonchev–Trinajstić information content (AvgIpc) is 2.58. The Morgan fingerprint density at radius 2 is 2.16 bits per heavy atom. The number of esters is 1. The molecule has 2 aromatic rings. The van der Waals surface area contributed by atoms with Crippen molar-refractivity contribution in [3.8, 4) is 11.5 Å². The van der Waals surface area contributed by atoms with Crippen LogP contribution in [0, 0.1) is 6.92 Å². The molecule has 3 rings (SSSR count). The van der Waals surface area contributed by atoms with Gasteiger partial charge in [0.05, 0.1) is 4.47 Å². The van der Waals surface area contributed by atoms with Gasteiger partial charge in [-0.25, -0.2) is 4.98 Å². The van der Waals surface area contributed by atoms with Gasteiger partial charge in [0, 0.05) is 5.69 Å². The summed E-state index contributed by atoms with van der Waals surface area (Å²) in [6.45, 7) is 1.83. The minimum atomic E-state index is -0.402. The quantitative estimate of drug-likeness (QED) is 0.321. The fraction of sp³-hybridized carbons (Fsp3) is 0.118. The van der Waals surface area contributed by atoms with Gasteiger partial charge in [0.1, 0.15) is 11.1 Å². The Labute approximate surface area is 160 Å². The zero-order chi connectivity index (χ0) is 18.0. The molecule has 0 fully saturated rings. The lowest BCUT2D eigenvalue weighted by atomic mass is 10.2. The van der Waals surface area contributed by atoms with Crippen LogP contribution in [0.15, 0.2) is 40.6 Å². The number of rotatable bonds is 3. The topological polar surface area (TPSA) is 77.5 Å². The minimum Gasteiger partial charge on any atom is -0.448 e. The van der Waals surface area contributed by atoms with Gasteiger partial charge >= 0.3 is 5.97 Å². The molecule has 0 saturated heterocycles. The van der Waals surface area contributed by atoms with Crippen LogP contribution >= 0.6 is 31.9 Å². The molecule has 0 bridgehead atoms. The van der Waals surface area contributed by atoms with Gasteiger partial charge in [-0.05, 0) is 58.8 Å². The van der Waals surface area contributed by atoms with Gasteiger partial charge in [-0.15, -0.1) is 0 Å². The molecule has 0 radical (unpaired) electrons. The van der Waals surface area contributed by atoms with E-state index in [2.05, 4.69) is 42.2 Å². The van der Waals surface area contributed by atoms with E-state index in [-0.39, 0.29) is 17.0 Å². The number of ether oxygens (including phenoxy) is 2. The first-order valence-electron chi connectivity index (χ1n) is 7.21. The van der Waals surface area contributed by atoms with Crippen LogP contribution in [0.25, 0.3) is 6.08 Å². The molecular formula is C17H12Br2N2O4. The molecule has 1 N–H and O–H groups in total. The summed E-state index contributed by atoms with van der Waals surface area (Å²) in [6.07, 6.45) is 1.60. The smallest absolute Gasteiger partial charge is 0.321 e. The maximum absolute atomic E-state index is 12.2. The molecule has 1 aliphatic heterocycles. The molecule has 1 aliphatic rings. The minimum absolute atomic E-state index is 0.103. The van der Waals surface area contributed by atoms with Crippen LogP contribution in [0.5, 0.6) is 11.5 Å². The number of hydrogen-bond acceptors (Lipinski definition) is 5. The van der Waals surface area contributed by atoms with Crippen molar-refractivity contribution in [2.75, 3.05) is 10.6 Å². The molecule has 25 heavy (non-hydrogen) atoms. The lowest BCUT2D eigenvalue weighted by Crippen LogP contribution is -2.24. The van der Waals surface area contributed by atoms with E-state index >= 15 is 0 Å². The highest BCUT2D eigenvalue weighted by Crippen LogP contribution is 2.31. The molecule has 1 aromatic carbocycles. The number of amides is 1. The first kappa shape index (κ1) is 17.6. The van der Waals surface area contributed by atoms with Gasteiger partial charge in [-0.2, -0.15) is 0 Å². The number of alkyl halides is 1. The molecule has 0 saturated carbocycles. The second-order valence-corrected chi connectivity index (χ2v) is 6.58. The van der Waals surface area contributed by atoms with Crippen LogP contribution in [0.4, 0.5) is 5.82 Å². The summed E-state index contributed by atoms with van der Waals surface area (Å²) in [5.41, 5.74) is 1.49. The van der Waals surface area contributed by atoms with Crippen molar-refractivity contribution in [2.45, 2.75) is 6.92 Å². The van der Waals surface area contributed by atoms with E-state index in [9.17, 15) is 9.59 Å². The van der Waals surface area contributed by atoms with Crippen molar-refractivity contribution in [1.29, 1.82) is 0 Å². The first-order valence-corrected chi connectivity index (χ1v) is 9.12. The molecule has 2 heterocycles. The van der Waals surface area contributed by atoms with Gasteiger partial charge in [-0.1, -0.05) is 22.0 Å². The number of aromatic nitrogens is 1. The van der Waals surface area contributed by atoms with Gasteiger partial charge in [0.2, 0.25) is 0 Å². The van der Waals surface area contributed by atoms with Crippen LogP contribution in [0.2, 0.25) is 0 Å². The summed E-state index contributed by atoms with van der Waals surface area (Å²) in [6, 6.07) is 8.63. The second-order valence-electron chi connectivity index (χ2n) is 5.16. The molecular weight excluding hydrogens is 456 g/mol. The highest BCUT2D eigenvalue weighted by Gasteiger charge is 2.23. The van der Waals surface area contributed by atoms with Gasteiger partial charge in [0.15, 0.2) is 17.3 Å². The summed E-state index contributed by atoms with van der Waals surface area (Å²) in [5, 5.41) is 2.80. The summed E-state index contributed by atoms with van der Waals surface area (Å²) in [4.78, 5) is 27.7. The number of hydrogen-bond donors (Lipinski definition) is 1. The number of aryl methyl sites for hydroxylation is 1. The zero-order valence-corrected chi connectivity index (χ0v) is 16.2. The number of pyridine rings is 1. The number of anilines is 1. The van der Waals surface area contributed by atoms with E-state index in [0.29, 0.717) is 27.4 Å². The number of benzene rings is 1. The van der Waals surface area contributed by atoms with Crippen LogP contribution in [0.3, 0.4) is 0 Å². The van der Waals surface area contributed by atoms with Crippen molar-refractivity contribution in [3.63, 3.8) is 0 Å². The average molecular weight is 468 g/mol. The predicted octanol–water partition coefficient (Wildman–Crippen LogP) is 3.82. The van der Waals surface area contributed by atoms with Gasteiger partial charge in [-0.3, -0.25) is 9.59 Å². The third-order valence-electron chi connectivity index (χ3n) is 3.26. The van der Waals surface area contributed by atoms with Crippen LogP contribution in [-0.4, -0.2) is 22.2 Å². The number of halogens is 2. The van der Waals surface area contributed by atoms with Crippen molar-refractivity contribution in [3.05, 3.63) is 51.8 Å². The zero-order valence-electron chi connectivity index (χ0n) is 13.0. The fourth-order valence-electron chi connectivity index (χ4n) is 2.14. The number of carbonyl (C=O) groups excluding carboxylic acids is 2. The predicted molar refractivity (Wildman–Crippen MR) is 99.8 cm³/mol. The summed E-state index contributed by atoms with van der Waals surface area (Å²) in [7, 11) is 0. The Hall–Kier alpha value is -2.19. The third kappa shape index (κ3) is 4.08. The standard InChI is InChI=1S/C17H12Br2N2O4/c1-9-2-4-13-16(20-9)21-17(23)14(24-13)7-10-3-5-12(11(19)6-10)25-15(22)8-18/h2-7H,8H2,1H3,(H,20,21,23)/b14-7-. The maximum atomic E-state index is 12.2. The van der Waals surface area contributed by atoms with E-state index in [0.717, 1.165) is 5.69 Å². The monoisotopic (exact) mass is 466 g/mol. The molecule has 1 amide bonds. The van der Waals surface area contributed by atoms with Gasteiger partial charge in [0.25, 0.3) is 5.91 Å². The van der Waals surface area contributed by atoms with E-state index < -0.39 is 5.97 Å². The number of nitrogens with one attached hydrogen (secondary N) is 1. The molecule has 128 valence electrons. The molecule has 0 spiro atoms. The largest absolute Gasteiger partial charge is 0.448 e. The van der Waals surface area contributed by atoms with Crippen LogP contribution in [0.1, 0.15) is 11.3 Å². The lowest BCUT2D eigenvalue weighted by molar-refractivity contribution is -0.131. The Morgan fingerprint density at radius 3 is 2.88 bits per heavy atom. The Morgan fingerprint density at radius 1 is 1.36 bits per heavy atom. The molecule has 8 heteroatoms. The van der Waals surface area contributed by atoms with E-state index in [1.807, 2.05) is 6.92 Å². The maximum Gasteiger partial charge on any atom is 0.321 e.